The number of imidazole rings is 1. The van der Waals surface area contributed by atoms with Crippen LogP contribution in [0.4, 0.5) is 0 Å². The number of benzene rings is 1. The number of nitrogens with one attached hydrogen (secondary N) is 1. The first-order chi connectivity index (χ1) is 8.91. The lowest BCUT2D eigenvalue weighted by molar-refractivity contribution is 0.589. The Labute approximate surface area is 122 Å². The Bertz CT molecular complexity index is 537. The zero-order chi connectivity index (χ0) is 14.0. The van der Waals surface area contributed by atoms with Gasteiger partial charge in [-0.25, -0.2) is 4.98 Å². The van der Waals surface area contributed by atoms with Gasteiger partial charge in [0.1, 0.15) is 10.4 Å². The smallest absolute Gasteiger partial charge is 0.115 e. The Morgan fingerprint density at radius 2 is 1.89 bits per heavy atom. The average Bonchev–Trinajstić information content (AvgIpc) is 2.76. The molecular weight excluding hydrogens is 302 g/mol. The van der Waals surface area contributed by atoms with E-state index in [0.29, 0.717) is 6.54 Å². The predicted octanol–water partition coefficient (Wildman–Crippen LogP) is 3.56. The van der Waals surface area contributed by atoms with Gasteiger partial charge in [-0.05, 0) is 32.5 Å². The predicted molar refractivity (Wildman–Crippen MR) is 82.3 cm³/mol. The molecule has 0 fully saturated rings. The van der Waals surface area contributed by atoms with E-state index in [1.807, 2.05) is 0 Å². The van der Waals surface area contributed by atoms with Gasteiger partial charge in [-0.2, -0.15) is 0 Å². The number of aromatic nitrogens is 2. The second-order valence-electron chi connectivity index (χ2n) is 5.78. The van der Waals surface area contributed by atoms with Gasteiger partial charge in [-0.3, -0.25) is 0 Å². The minimum atomic E-state index is 0.111. The van der Waals surface area contributed by atoms with Crippen molar-refractivity contribution in [1.29, 1.82) is 0 Å². The molecule has 0 aliphatic rings. The molecule has 1 atom stereocenters. The number of halogens is 1. The molecule has 3 nitrogen and oxygen atoms in total. The summed E-state index contributed by atoms with van der Waals surface area (Å²) in [5.41, 5.74) is 8.58. The minimum Gasteiger partial charge on any atom is -0.336 e. The second kappa shape index (κ2) is 5.47. The van der Waals surface area contributed by atoms with Crippen LogP contribution in [-0.2, 0) is 5.41 Å². The molecule has 0 radical (unpaired) electrons. The highest BCUT2D eigenvalue weighted by atomic mass is 79.9. The van der Waals surface area contributed by atoms with Gasteiger partial charge in [0.05, 0.1) is 12.1 Å². The van der Waals surface area contributed by atoms with E-state index in [-0.39, 0.29) is 11.3 Å². The lowest BCUT2D eigenvalue weighted by Crippen LogP contribution is -2.16. The normalized spacial score (nSPS) is 13.5. The fourth-order valence-corrected chi connectivity index (χ4v) is 2.42. The molecule has 102 valence electrons. The molecule has 1 aromatic carbocycles. The van der Waals surface area contributed by atoms with Crippen molar-refractivity contribution in [1.82, 2.24) is 9.97 Å². The standard InChI is InChI=1S/C15H20BrN3/c1-15(2,3)11-6-4-10(5-7-11)12(8-17)14-18-9-13(16)19-14/h4-7,9,12H,8,17H2,1-3H3,(H,18,19). The van der Waals surface area contributed by atoms with Gasteiger partial charge >= 0.3 is 0 Å². The molecule has 0 amide bonds. The van der Waals surface area contributed by atoms with Crippen LogP contribution in [0.25, 0.3) is 0 Å². The number of hydrogen-bond acceptors (Lipinski definition) is 2. The summed E-state index contributed by atoms with van der Waals surface area (Å²) in [5, 5.41) is 0. The zero-order valence-electron chi connectivity index (χ0n) is 11.6. The molecule has 2 rings (SSSR count). The molecular formula is C15H20BrN3. The van der Waals surface area contributed by atoms with E-state index in [2.05, 4.69) is 70.9 Å². The van der Waals surface area contributed by atoms with Crippen molar-refractivity contribution in [3.05, 3.63) is 52.0 Å². The van der Waals surface area contributed by atoms with E-state index >= 15 is 0 Å². The van der Waals surface area contributed by atoms with E-state index in [1.165, 1.54) is 11.1 Å². The summed E-state index contributed by atoms with van der Waals surface area (Å²) < 4.78 is 0.882. The average molecular weight is 322 g/mol. The monoisotopic (exact) mass is 321 g/mol. The van der Waals surface area contributed by atoms with Crippen LogP contribution in [-0.4, -0.2) is 16.5 Å². The van der Waals surface area contributed by atoms with Crippen LogP contribution in [0.5, 0.6) is 0 Å². The summed E-state index contributed by atoms with van der Waals surface area (Å²) >= 11 is 3.38. The van der Waals surface area contributed by atoms with Gasteiger partial charge in [0.25, 0.3) is 0 Å². The van der Waals surface area contributed by atoms with E-state index in [9.17, 15) is 0 Å². The molecule has 1 unspecified atom stereocenters. The van der Waals surface area contributed by atoms with Gasteiger partial charge < -0.3 is 10.7 Å². The SMILES string of the molecule is CC(C)(C)c1ccc(C(CN)c2ncc(Br)[nH]2)cc1. The zero-order valence-corrected chi connectivity index (χ0v) is 13.2. The first kappa shape index (κ1) is 14.3. The van der Waals surface area contributed by atoms with Crippen LogP contribution >= 0.6 is 15.9 Å². The van der Waals surface area contributed by atoms with Gasteiger partial charge in [-0.1, -0.05) is 45.0 Å². The molecule has 0 aliphatic carbocycles. The first-order valence-electron chi connectivity index (χ1n) is 6.42. The Morgan fingerprint density at radius 1 is 1.26 bits per heavy atom. The fourth-order valence-electron chi connectivity index (χ4n) is 2.11. The van der Waals surface area contributed by atoms with Crippen molar-refractivity contribution in [3.63, 3.8) is 0 Å². The van der Waals surface area contributed by atoms with Crippen LogP contribution in [0, 0.1) is 0 Å². The van der Waals surface area contributed by atoms with Gasteiger partial charge in [-0.15, -0.1) is 0 Å². The lowest BCUT2D eigenvalue weighted by atomic mass is 9.85. The summed E-state index contributed by atoms with van der Waals surface area (Å²) in [4.78, 5) is 7.55. The number of nitrogens with zero attached hydrogens (tertiary/aromatic N) is 1. The summed E-state index contributed by atoms with van der Waals surface area (Å²) in [6.07, 6.45) is 1.77. The van der Waals surface area contributed by atoms with Gasteiger partial charge in [0.2, 0.25) is 0 Å². The Kier molecular flexibility index (Phi) is 4.11. The van der Waals surface area contributed by atoms with E-state index in [1.54, 1.807) is 6.20 Å². The van der Waals surface area contributed by atoms with E-state index in [0.717, 1.165) is 10.4 Å². The number of nitrogens with two attached hydrogens (primary N) is 1. The Hall–Kier alpha value is -1.13. The highest BCUT2D eigenvalue weighted by Crippen LogP contribution is 2.26. The van der Waals surface area contributed by atoms with Crippen molar-refractivity contribution in [2.75, 3.05) is 6.54 Å². The van der Waals surface area contributed by atoms with Gasteiger partial charge in [0.15, 0.2) is 0 Å². The third-order valence-corrected chi connectivity index (χ3v) is 3.71. The Morgan fingerprint density at radius 3 is 2.32 bits per heavy atom. The number of rotatable bonds is 3. The van der Waals surface area contributed by atoms with Crippen molar-refractivity contribution in [2.24, 2.45) is 5.73 Å². The van der Waals surface area contributed by atoms with Crippen LogP contribution in [0.1, 0.15) is 43.6 Å². The number of H-pyrrole nitrogens is 1. The maximum absolute atomic E-state index is 5.89. The van der Waals surface area contributed by atoms with E-state index < -0.39 is 0 Å². The molecule has 1 heterocycles. The lowest BCUT2D eigenvalue weighted by Gasteiger charge is -2.20. The van der Waals surface area contributed by atoms with Gasteiger partial charge in [0, 0.05) is 6.54 Å². The first-order valence-corrected chi connectivity index (χ1v) is 7.22. The minimum absolute atomic E-state index is 0.111. The number of aromatic amines is 1. The molecule has 0 bridgehead atoms. The Balaban J connectivity index is 2.30. The molecule has 0 saturated carbocycles. The quantitative estimate of drug-likeness (QED) is 0.908. The van der Waals surface area contributed by atoms with Crippen LogP contribution < -0.4 is 5.73 Å². The highest BCUT2D eigenvalue weighted by Gasteiger charge is 2.18. The maximum Gasteiger partial charge on any atom is 0.115 e. The molecule has 3 N–H and O–H groups in total. The molecule has 19 heavy (non-hydrogen) atoms. The third kappa shape index (κ3) is 3.25. The summed E-state index contributed by atoms with van der Waals surface area (Å²) in [6.45, 7) is 7.18. The highest BCUT2D eigenvalue weighted by molar-refractivity contribution is 9.10. The van der Waals surface area contributed by atoms with Crippen molar-refractivity contribution >= 4 is 15.9 Å². The third-order valence-electron chi connectivity index (χ3n) is 3.31. The fraction of sp³-hybridized carbons (Fsp3) is 0.400. The molecule has 0 spiro atoms. The summed E-state index contributed by atoms with van der Waals surface area (Å²) in [7, 11) is 0. The van der Waals surface area contributed by atoms with Crippen LogP contribution in [0.15, 0.2) is 35.1 Å². The largest absolute Gasteiger partial charge is 0.336 e. The van der Waals surface area contributed by atoms with E-state index in [4.69, 9.17) is 5.73 Å². The van der Waals surface area contributed by atoms with Crippen molar-refractivity contribution in [3.8, 4) is 0 Å². The molecule has 4 heteroatoms. The van der Waals surface area contributed by atoms with Crippen molar-refractivity contribution < 1.29 is 0 Å². The summed E-state index contributed by atoms with van der Waals surface area (Å²) in [5.74, 6) is 1.01. The van der Waals surface area contributed by atoms with Crippen LogP contribution in [0.3, 0.4) is 0 Å². The topological polar surface area (TPSA) is 54.7 Å². The maximum atomic E-state index is 5.89. The molecule has 1 aromatic heterocycles. The second-order valence-corrected chi connectivity index (χ2v) is 6.63. The number of hydrogen-bond donors (Lipinski definition) is 2. The van der Waals surface area contributed by atoms with Crippen molar-refractivity contribution in [2.45, 2.75) is 32.1 Å². The van der Waals surface area contributed by atoms with Crippen LogP contribution in [0.2, 0.25) is 0 Å². The molecule has 0 aliphatic heterocycles. The summed E-state index contributed by atoms with van der Waals surface area (Å²) in [6, 6.07) is 8.65. The molecule has 0 saturated heterocycles. The molecule has 2 aromatic rings.